The summed E-state index contributed by atoms with van der Waals surface area (Å²) in [6, 6.07) is 0. The van der Waals surface area contributed by atoms with Gasteiger partial charge in [-0.2, -0.15) is 0 Å². The van der Waals surface area contributed by atoms with E-state index in [2.05, 4.69) is 18.0 Å². The van der Waals surface area contributed by atoms with E-state index in [1.165, 1.54) is 51.6 Å². The molecule has 1 saturated heterocycles. The Hall–Kier alpha value is -0.300. The minimum atomic E-state index is 0.950. The van der Waals surface area contributed by atoms with Crippen LogP contribution in [-0.4, -0.2) is 13.1 Å². The third-order valence-corrected chi connectivity index (χ3v) is 4.14. The minimum Gasteiger partial charge on any atom is -0.316 e. The molecule has 1 aliphatic carbocycles. The van der Waals surface area contributed by atoms with Crippen molar-refractivity contribution >= 4 is 0 Å². The zero-order valence-electron chi connectivity index (χ0n) is 9.17. The lowest BCUT2D eigenvalue weighted by Crippen LogP contribution is -2.28. The van der Waals surface area contributed by atoms with Crippen LogP contribution in [0.2, 0.25) is 0 Å². The summed E-state index contributed by atoms with van der Waals surface area (Å²) in [6.45, 7) is 6.43. The molecule has 80 valence electrons. The Kier molecular flexibility index (Phi) is 3.63. The van der Waals surface area contributed by atoms with Crippen LogP contribution in [0.4, 0.5) is 0 Å². The standard InChI is InChI=1S/C13H23N/c1-2-5-11-6-3-4-7-13(11)12-8-9-14-10-12/h2,11-14H,1,3-10H2/t11-,12?,13?/m0/s1. The van der Waals surface area contributed by atoms with Crippen molar-refractivity contribution in [3.05, 3.63) is 12.7 Å². The van der Waals surface area contributed by atoms with Gasteiger partial charge in [0.05, 0.1) is 0 Å². The molecular formula is C13H23N. The first-order valence-electron chi connectivity index (χ1n) is 6.23. The van der Waals surface area contributed by atoms with Crippen molar-refractivity contribution in [3.63, 3.8) is 0 Å². The van der Waals surface area contributed by atoms with Gasteiger partial charge in [-0.15, -0.1) is 6.58 Å². The molecule has 0 amide bonds. The van der Waals surface area contributed by atoms with Crippen LogP contribution >= 0.6 is 0 Å². The fraction of sp³-hybridized carbons (Fsp3) is 0.846. The van der Waals surface area contributed by atoms with Gasteiger partial charge in [-0.3, -0.25) is 0 Å². The fourth-order valence-corrected chi connectivity index (χ4v) is 3.41. The maximum Gasteiger partial charge on any atom is -0.00173 e. The molecule has 2 rings (SSSR count). The summed E-state index contributed by atoms with van der Waals surface area (Å²) in [5, 5.41) is 3.51. The van der Waals surface area contributed by atoms with Crippen molar-refractivity contribution in [3.8, 4) is 0 Å². The van der Waals surface area contributed by atoms with E-state index >= 15 is 0 Å². The van der Waals surface area contributed by atoms with Crippen LogP contribution < -0.4 is 5.32 Å². The molecule has 0 spiro atoms. The summed E-state index contributed by atoms with van der Waals surface area (Å²) in [6.07, 6.45) is 10.6. The Morgan fingerprint density at radius 3 is 2.79 bits per heavy atom. The second kappa shape index (κ2) is 4.97. The number of hydrogen-bond donors (Lipinski definition) is 1. The Morgan fingerprint density at radius 2 is 2.07 bits per heavy atom. The van der Waals surface area contributed by atoms with Gasteiger partial charge in [0.1, 0.15) is 0 Å². The first-order valence-corrected chi connectivity index (χ1v) is 6.23. The molecule has 1 heteroatoms. The highest BCUT2D eigenvalue weighted by atomic mass is 14.9. The largest absolute Gasteiger partial charge is 0.316 e. The van der Waals surface area contributed by atoms with Crippen molar-refractivity contribution in [2.24, 2.45) is 17.8 Å². The maximum atomic E-state index is 3.90. The number of nitrogens with one attached hydrogen (secondary N) is 1. The number of allylic oxidation sites excluding steroid dienone is 1. The molecule has 14 heavy (non-hydrogen) atoms. The quantitative estimate of drug-likeness (QED) is 0.679. The molecule has 3 atom stereocenters. The molecule has 2 fully saturated rings. The average molecular weight is 193 g/mol. The van der Waals surface area contributed by atoms with Gasteiger partial charge in [-0.05, 0) is 56.5 Å². The SMILES string of the molecule is C=CC[C@H]1CCCCC1C1CCNC1. The molecule has 2 aliphatic rings. The molecule has 0 radical (unpaired) electrons. The van der Waals surface area contributed by atoms with Crippen LogP contribution in [0.5, 0.6) is 0 Å². The van der Waals surface area contributed by atoms with Crippen molar-refractivity contribution < 1.29 is 0 Å². The highest BCUT2D eigenvalue weighted by Gasteiger charge is 2.32. The Balaban J connectivity index is 1.94. The lowest BCUT2D eigenvalue weighted by Gasteiger charge is -2.35. The number of rotatable bonds is 3. The highest BCUT2D eigenvalue weighted by Crippen LogP contribution is 2.39. The van der Waals surface area contributed by atoms with Crippen LogP contribution in [-0.2, 0) is 0 Å². The molecule has 1 saturated carbocycles. The van der Waals surface area contributed by atoms with E-state index < -0.39 is 0 Å². The monoisotopic (exact) mass is 193 g/mol. The number of hydrogen-bond acceptors (Lipinski definition) is 1. The van der Waals surface area contributed by atoms with Gasteiger partial charge in [0.25, 0.3) is 0 Å². The second-order valence-corrected chi connectivity index (χ2v) is 4.99. The average Bonchev–Trinajstić information content (AvgIpc) is 2.72. The molecule has 1 aliphatic heterocycles. The Bertz CT molecular complexity index is 182. The van der Waals surface area contributed by atoms with E-state index in [1.54, 1.807) is 0 Å². The summed E-state index contributed by atoms with van der Waals surface area (Å²) in [5.74, 6) is 2.92. The fourth-order valence-electron chi connectivity index (χ4n) is 3.41. The summed E-state index contributed by atoms with van der Waals surface area (Å²) in [4.78, 5) is 0. The molecule has 0 aromatic carbocycles. The van der Waals surface area contributed by atoms with Gasteiger partial charge in [0, 0.05) is 0 Å². The molecule has 0 aromatic rings. The van der Waals surface area contributed by atoms with E-state index in [0.29, 0.717) is 0 Å². The van der Waals surface area contributed by atoms with Crippen LogP contribution in [0.3, 0.4) is 0 Å². The third-order valence-electron chi connectivity index (χ3n) is 4.14. The van der Waals surface area contributed by atoms with Crippen LogP contribution in [0, 0.1) is 17.8 Å². The topological polar surface area (TPSA) is 12.0 Å². The molecular weight excluding hydrogens is 170 g/mol. The third kappa shape index (κ3) is 2.20. The van der Waals surface area contributed by atoms with Crippen molar-refractivity contribution in [2.75, 3.05) is 13.1 Å². The summed E-state index contributed by atoms with van der Waals surface area (Å²) in [7, 11) is 0. The summed E-state index contributed by atoms with van der Waals surface area (Å²) >= 11 is 0. The van der Waals surface area contributed by atoms with Crippen molar-refractivity contribution in [1.29, 1.82) is 0 Å². The van der Waals surface area contributed by atoms with Crippen molar-refractivity contribution in [2.45, 2.75) is 38.5 Å². The molecule has 1 heterocycles. The summed E-state index contributed by atoms with van der Waals surface area (Å²) in [5.41, 5.74) is 0. The van der Waals surface area contributed by atoms with E-state index in [-0.39, 0.29) is 0 Å². The predicted octanol–water partition coefficient (Wildman–Crippen LogP) is 2.98. The molecule has 0 aromatic heterocycles. The van der Waals surface area contributed by atoms with Crippen LogP contribution in [0.1, 0.15) is 38.5 Å². The van der Waals surface area contributed by atoms with Crippen molar-refractivity contribution in [1.82, 2.24) is 5.32 Å². The van der Waals surface area contributed by atoms with Gasteiger partial charge < -0.3 is 5.32 Å². The van der Waals surface area contributed by atoms with Gasteiger partial charge in [0.2, 0.25) is 0 Å². The summed E-state index contributed by atoms with van der Waals surface area (Å²) < 4.78 is 0. The van der Waals surface area contributed by atoms with E-state index in [4.69, 9.17) is 0 Å². The van der Waals surface area contributed by atoms with E-state index in [0.717, 1.165) is 17.8 Å². The lowest BCUT2D eigenvalue weighted by atomic mass is 9.71. The Morgan fingerprint density at radius 1 is 1.21 bits per heavy atom. The van der Waals surface area contributed by atoms with Crippen LogP contribution in [0.25, 0.3) is 0 Å². The highest BCUT2D eigenvalue weighted by molar-refractivity contribution is 4.88. The van der Waals surface area contributed by atoms with E-state index in [9.17, 15) is 0 Å². The molecule has 1 nitrogen and oxygen atoms in total. The predicted molar refractivity (Wildman–Crippen MR) is 61.2 cm³/mol. The first kappa shape index (κ1) is 10.2. The smallest absolute Gasteiger partial charge is 0.00173 e. The Labute approximate surface area is 88.0 Å². The molecule has 0 bridgehead atoms. The minimum absolute atomic E-state index is 0.950. The first-order chi connectivity index (χ1) is 6.92. The zero-order valence-corrected chi connectivity index (χ0v) is 9.17. The van der Waals surface area contributed by atoms with Gasteiger partial charge in [-0.1, -0.05) is 18.9 Å². The van der Waals surface area contributed by atoms with Gasteiger partial charge in [-0.25, -0.2) is 0 Å². The van der Waals surface area contributed by atoms with Crippen LogP contribution in [0.15, 0.2) is 12.7 Å². The second-order valence-electron chi connectivity index (χ2n) is 4.99. The maximum absolute atomic E-state index is 3.90. The normalized spacial score (nSPS) is 38.4. The molecule has 2 unspecified atom stereocenters. The molecule has 1 N–H and O–H groups in total. The van der Waals surface area contributed by atoms with Gasteiger partial charge >= 0.3 is 0 Å². The van der Waals surface area contributed by atoms with Gasteiger partial charge in [0.15, 0.2) is 0 Å². The van der Waals surface area contributed by atoms with E-state index in [1.807, 2.05) is 0 Å². The zero-order chi connectivity index (χ0) is 9.80. The lowest BCUT2D eigenvalue weighted by molar-refractivity contribution is 0.172.